The van der Waals surface area contributed by atoms with Gasteiger partial charge in [0.25, 0.3) is 5.69 Å². The van der Waals surface area contributed by atoms with E-state index < -0.39 is 28.3 Å². The molecule has 0 amide bonds. The number of nitrogens with zero attached hydrogens (tertiary/aromatic N) is 1. The molecule has 100 valence electrons. The van der Waals surface area contributed by atoms with Crippen LogP contribution in [0.2, 0.25) is 0 Å². The molecule has 3 nitrogen and oxygen atoms in total. The van der Waals surface area contributed by atoms with E-state index in [-0.39, 0.29) is 10.4 Å². The van der Waals surface area contributed by atoms with Crippen molar-refractivity contribution >= 4 is 21.6 Å². The molecule has 1 aromatic carbocycles. The molecule has 0 saturated heterocycles. The zero-order valence-corrected chi connectivity index (χ0v) is 11.2. The van der Waals surface area contributed by atoms with E-state index >= 15 is 0 Å². The number of rotatable bonds is 3. The molecule has 0 radical (unpaired) electrons. The van der Waals surface area contributed by atoms with Gasteiger partial charge in [-0.3, -0.25) is 10.1 Å². The van der Waals surface area contributed by atoms with E-state index in [4.69, 9.17) is 0 Å². The molecule has 0 heterocycles. The van der Waals surface area contributed by atoms with Crippen molar-refractivity contribution < 1.29 is 18.1 Å². The average molecular weight is 326 g/mol. The van der Waals surface area contributed by atoms with Crippen molar-refractivity contribution in [3.8, 4) is 0 Å². The van der Waals surface area contributed by atoms with Crippen LogP contribution in [-0.2, 0) is 6.18 Å². The molecule has 0 aliphatic rings. The third kappa shape index (κ3) is 3.22. The molecule has 18 heavy (non-hydrogen) atoms. The van der Waals surface area contributed by atoms with Crippen LogP contribution in [0.3, 0.4) is 0 Å². The summed E-state index contributed by atoms with van der Waals surface area (Å²) < 4.78 is 38.6. The molecule has 0 aromatic heterocycles. The SMILES string of the molecule is CC(Br)C(C)c1ccc([N+](=O)[O-])cc1C(F)(F)F. The van der Waals surface area contributed by atoms with Crippen molar-refractivity contribution in [2.24, 2.45) is 0 Å². The quantitative estimate of drug-likeness (QED) is 0.466. The Balaban J connectivity index is 3.39. The van der Waals surface area contributed by atoms with Crippen molar-refractivity contribution in [1.29, 1.82) is 0 Å². The van der Waals surface area contributed by atoms with Crippen molar-refractivity contribution in [2.75, 3.05) is 0 Å². The first-order valence-electron chi connectivity index (χ1n) is 5.14. The maximum absolute atomic E-state index is 12.9. The second-order valence-corrected chi connectivity index (χ2v) is 5.44. The zero-order valence-electron chi connectivity index (χ0n) is 9.66. The van der Waals surface area contributed by atoms with E-state index in [1.807, 2.05) is 0 Å². The van der Waals surface area contributed by atoms with Crippen molar-refractivity contribution in [2.45, 2.75) is 30.8 Å². The Hall–Kier alpha value is -1.11. The first-order valence-corrected chi connectivity index (χ1v) is 6.05. The topological polar surface area (TPSA) is 43.1 Å². The highest BCUT2D eigenvalue weighted by Gasteiger charge is 2.36. The fraction of sp³-hybridized carbons (Fsp3) is 0.455. The van der Waals surface area contributed by atoms with Gasteiger partial charge in [0.15, 0.2) is 0 Å². The highest BCUT2D eigenvalue weighted by Crippen LogP contribution is 2.39. The Morgan fingerprint density at radius 1 is 1.33 bits per heavy atom. The van der Waals surface area contributed by atoms with Gasteiger partial charge >= 0.3 is 6.18 Å². The highest BCUT2D eigenvalue weighted by molar-refractivity contribution is 9.09. The zero-order chi connectivity index (χ0) is 14.1. The summed E-state index contributed by atoms with van der Waals surface area (Å²) in [6.07, 6.45) is -4.60. The molecule has 0 aliphatic heterocycles. The molecule has 2 unspecified atom stereocenters. The van der Waals surface area contributed by atoms with Crippen LogP contribution < -0.4 is 0 Å². The first kappa shape index (κ1) is 14.9. The summed E-state index contributed by atoms with van der Waals surface area (Å²) in [5.74, 6) is -0.401. The van der Waals surface area contributed by atoms with Gasteiger partial charge in [0.2, 0.25) is 0 Å². The molecular formula is C11H11BrF3NO2. The molecule has 0 aliphatic carbocycles. The normalized spacial score (nSPS) is 15.2. The molecule has 0 spiro atoms. The summed E-state index contributed by atoms with van der Waals surface area (Å²) in [5.41, 5.74) is -1.45. The van der Waals surface area contributed by atoms with E-state index in [0.717, 1.165) is 6.07 Å². The molecule has 1 rings (SSSR count). The molecular weight excluding hydrogens is 315 g/mol. The molecule has 1 aromatic rings. The van der Waals surface area contributed by atoms with Crippen molar-refractivity contribution in [3.05, 3.63) is 39.4 Å². The minimum Gasteiger partial charge on any atom is -0.258 e. The lowest BCUT2D eigenvalue weighted by atomic mass is 9.93. The van der Waals surface area contributed by atoms with Gasteiger partial charge in [0, 0.05) is 17.0 Å². The number of hydrogen-bond acceptors (Lipinski definition) is 2. The molecule has 7 heteroatoms. The van der Waals surface area contributed by atoms with E-state index in [1.54, 1.807) is 13.8 Å². The monoisotopic (exact) mass is 325 g/mol. The fourth-order valence-corrected chi connectivity index (χ4v) is 1.83. The number of non-ortho nitro benzene ring substituents is 1. The summed E-state index contributed by atoms with van der Waals surface area (Å²) in [7, 11) is 0. The number of nitro groups is 1. The van der Waals surface area contributed by atoms with Crippen LogP contribution in [0.5, 0.6) is 0 Å². The number of benzene rings is 1. The first-order chi connectivity index (χ1) is 8.14. The maximum Gasteiger partial charge on any atom is 0.416 e. The second kappa shape index (κ2) is 5.26. The van der Waals surface area contributed by atoms with Gasteiger partial charge in [-0.05, 0) is 11.5 Å². The van der Waals surface area contributed by atoms with E-state index in [2.05, 4.69) is 15.9 Å². The maximum atomic E-state index is 12.9. The Kier molecular flexibility index (Phi) is 4.37. The van der Waals surface area contributed by atoms with Crippen LogP contribution in [0, 0.1) is 10.1 Å². The predicted molar refractivity (Wildman–Crippen MR) is 64.9 cm³/mol. The minimum atomic E-state index is -4.60. The van der Waals surface area contributed by atoms with Gasteiger partial charge in [-0.1, -0.05) is 35.8 Å². The van der Waals surface area contributed by atoms with Gasteiger partial charge < -0.3 is 0 Å². The lowest BCUT2D eigenvalue weighted by Crippen LogP contribution is -2.15. The summed E-state index contributed by atoms with van der Waals surface area (Å²) in [4.78, 5) is 9.53. The van der Waals surface area contributed by atoms with E-state index in [9.17, 15) is 23.3 Å². The van der Waals surface area contributed by atoms with Crippen LogP contribution in [0.15, 0.2) is 18.2 Å². The smallest absolute Gasteiger partial charge is 0.258 e. The molecule has 0 saturated carbocycles. The Morgan fingerprint density at radius 3 is 2.28 bits per heavy atom. The molecule has 0 N–H and O–H groups in total. The lowest BCUT2D eigenvalue weighted by Gasteiger charge is -2.20. The van der Waals surface area contributed by atoms with Crippen molar-refractivity contribution in [1.82, 2.24) is 0 Å². The number of alkyl halides is 4. The summed E-state index contributed by atoms with van der Waals surface area (Å²) in [6.45, 7) is 3.36. The number of hydrogen-bond donors (Lipinski definition) is 0. The second-order valence-electron chi connectivity index (χ2n) is 3.99. The largest absolute Gasteiger partial charge is 0.416 e. The summed E-state index contributed by atoms with van der Waals surface area (Å²) in [5, 5.41) is 10.5. The van der Waals surface area contributed by atoms with Crippen molar-refractivity contribution in [3.63, 3.8) is 0 Å². The van der Waals surface area contributed by atoms with E-state index in [0.29, 0.717) is 6.07 Å². The van der Waals surface area contributed by atoms with Crippen LogP contribution in [-0.4, -0.2) is 9.75 Å². The van der Waals surface area contributed by atoms with Crippen LogP contribution in [0.25, 0.3) is 0 Å². The van der Waals surface area contributed by atoms with E-state index in [1.165, 1.54) is 6.07 Å². The Morgan fingerprint density at radius 2 is 1.89 bits per heavy atom. The third-order valence-corrected chi connectivity index (χ3v) is 3.53. The fourth-order valence-electron chi connectivity index (χ4n) is 1.55. The standard InChI is InChI=1S/C11H11BrF3NO2/c1-6(7(2)12)9-4-3-8(16(17)18)5-10(9)11(13,14)15/h3-7H,1-2H3. The van der Waals surface area contributed by atoms with Crippen LogP contribution in [0.4, 0.5) is 18.9 Å². The lowest BCUT2D eigenvalue weighted by molar-refractivity contribution is -0.385. The van der Waals surface area contributed by atoms with Crippen LogP contribution >= 0.6 is 15.9 Å². The average Bonchev–Trinajstić information content (AvgIpc) is 2.25. The predicted octanol–water partition coefficient (Wildman–Crippen LogP) is 4.50. The third-order valence-electron chi connectivity index (χ3n) is 2.73. The van der Waals surface area contributed by atoms with Gasteiger partial charge in [0.1, 0.15) is 0 Å². The Bertz CT molecular complexity index is 460. The summed E-state index contributed by atoms with van der Waals surface area (Å²) in [6, 6.07) is 2.85. The van der Waals surface area contributed by atoms with Gasteiger partial charge in [-0.2, -0.15) is 13.2 Å². The number of nitro benzene ring substituents is 1. The minimum absolute atomic E-state index is 0.0532. The molecule has 0 bridgehead atoms. The van der Waals surface area contributed by atoms with Gasteiger partial charge in [0.05, 0.1) is 10.5 Å². The van der Waals surface area contributed by atoms with Gasteiger partial charge in [-0.15, -0.1) is 0 Å². The van der Waals surface area contributed by atoms with Gasteiger partial charge in [-0.25, -0.2) is 0 Å². The number of halogens is 4. The molecule has 0 fully saturated rings. The molecule has 2 atom stereocenters. The summed E-state index contributed by atoms with van der Waals surface area (Å²) >= 11 is 3.22. The highest BCUT2D eigenvalue weighted by atomic mass is 79.9. The Labute approximate surface area is 110 Å². The van der Waals surface area contributed by atoms with Crippen LogP contribution in [0.1, 0.15) is 30.9 Å².